The SMILES string of the molecule is O=C(Cc1cccs1)N1CCN(C(=O)c2cc(-c3ccccn3)n[nH]2)CC1. The summed E-state index contributed by atoms with van der Waals surface area (Å²) >= 11 is 1.59. The Morgan fingerprint density at radius 2 is 1.85 bits per heavy atom. The van der Waals surface area contributed by atoms with E-state index in [1.54, 1.807) is 28.5 Å². The number of thiophene rings is 1. The molecule has 3 aromatic heterocycles. The number of amides is 2. The van der Waals surface area contributed by atoms with Gasteiger partial charge < -0.3 is 9.80 Å². The van der Waals surface area contributed by atoms with Gasteiger partial charge >= 0.3 is 0 Å². The van der Waals surface area contributed by atoms with E-state index in [0.29, 0.717) is 44.0 Å². The maximum Gasteiger partial charge on any atom is 0.272 e. The van der Waals surface area contributed by atoms with Crippen LogP contribution in [-0.2, 0) is 11.2 Å². The number of hydrogen-bond acceptors (Lipinski definition) is 5. The molecule has 0 atom stereocenters. The first-order chi connectivity index (χ1) is 13.2. The third-order valence-electron chi connectivity index (χ3n) is 4.56. The average molecular weight is 381 g/mol. The largest absolute Gasteiger partial charge is 0.339 e. The van der Waals surface area contributed by atoms with E-state index in [4.69, 9.17) is 0 Å². The molecular formula is C19H19N5O2S. The third kappa shape index (κ3) is 3.90. The molecule has 138 valence electrons. The zero-order valence-electron chi connectivity index (χ0n) is 14.7. The number of carbonyl (C=O) groups excluding carboxylic acids is 2. The van der Waals surface area contributed by atoms with Crippen LogP contribution < -0.4 is 0 Å². The van der Waals surface area contributed by atoms with Crippen molar-refractivity contribution in [1.82, 2.24) is 25.0 Å². The molecule has 0 radical (unpaired) electrons. The number of pyridine rings is 1. The van der Waals surface area contributed by atoms with Crippen LogP contribution in [0.4, 0.5) is 0 Å². The van der Waals surface area contributed by atoms with Crippen molar-refractivity contribution in [2.75, 3.05) is 26.2 Å². The van der Waals surface area contributed by atoms with E-state index in [1.807, 2.05) is 40.6 Å². The molecular weight excluding hydrogens is 362 g/mol. The predicted molar refractivity (Wildman–Crippen MR) is 102 cm³/mol. The van der Waals surface area contributed by atoms with Gasteiger partial charge in [0.15, 0.2) is 0 Å². The van der Waals surface area contributed by atoms with Gasteiger partial charge in [-0.2, -0.15) is 5.10 Å². The van der Waals surface area contributed by atoms with E-state index >= 15 is 0 Å². The van der Waals surface area contributed by atoms with Crippen molar-refractivity contribution in [3.63, 3.8) is 0 Å². The lowest BCUT2D eigenvalue weighted by atomic mass is 10.2. The Morgan fingerprint density at radius 1 is 1.04 bits per heavy atom. The second-order valence-electron chi connectivity index (χ2n) is 6.31. The predicted octanol–water partition coefficient (Wildman–Crippen LogP) is 2.06. The van der Waals surface area contributed by atoms with Crippen molar-refractivity contribution < 1.29 is 9.59 Å². The van der Waals surface area contributed by atoms with Crippen LogP contribution in [-0.4, -0.2) is 63.0 Å². The fourth-order valence-corrected chi connectivity index (χ4v) is 3.78. The molecule has 4 heterocycles. The van der Waals surface area contributed by atoms with E-state index < -0.39 is 0 Å². The first-order valence-corrected chi connectivity index (χ1v) is 9.65. The van der Waals surface area contributed by atoms with Crippen LogP contribution in [0.3, 0.4) is 0 Å². The minimum absolute atomic E-state index is 0.102. The molecule has 1 aliphatic rings. The highest BCUT2D eigenvalue weighted by atomic mass is 32.1. The minimum atomic E-state index is -0.102. The Labute approximate surface area is 160 Å². The summed E-state index contributed by atoms with van der Waals surface area (Å²) < 4.78 is 0. The Bertz CT molecular complexity index is 915. The van der Waals surface area contributed by atoms with Gasteiger partial charge in [-0.3, -0.25) is 19.7 Å². The first-order valence-electron chi connectivity index (χ1n) is 8.77. The summed E-state index contributed by atoms with van der Waals surface area (Å²) in [6.07, 6.45) is 2.12. The van der Waals surface area contributed by atoms with Crippen molar-refractivity contribution in [2.45, 2.75) is 6.42 Å². The number of piperazine rings is 1. The van der Waals surface area contributed by atoms with Crippen molar-refractivity contribution in [1.29, 1.82) is 0 Å². The molecule has 0 aromatic carbocycles. The van der Waals surface area contributed by atoms with E-state index in [-0.39, 0.29) is 11.8 Å². The number of aromatic amines is 1. The molecule has 27 heavy (non-hydrogen) atoms. The molecule has 0 spiro atoms. The molecule has 0 aliphatic carbocycles. The van der Waals surface area contributed by atoms with E-state index in [9.17, 15) is 9.59 Å². The molecule has 1 fully saturated rings. The van der Waals surface area contributed by atoms with Gasteiger partial charge in [-0.05, 0) is 29.6 Å². The molecule has 0 bridgehead atoms. The maximum absolute atomic E-state index is 12.7. The Hall–Kier alpha value is -3.00. The highest BCUT2D eigenvalue weighted by molar-refractivity contribution is 7.10. The fourth-order valence-electron chi connectivity index (χ4n) is 3.08. The van der Waals surface area contributed by atoms with Gasteiger partial charge in [-0.15, -0.1) is 11.3 Å². The van der Waals surface area contributed by atoms with Crippen molar-refractivity contribution in [3.05, 3.63) is 58.5 Å². The van der Waals surface area contributed by atoms with E-state index in [1.165, 1.54) is 0 Å². The van der Waals surface area contributed by atoms with Crippen molar-refractivity contribution in [3.8, 4) is 11.4 Å². The highest BCUT2D eigenvalue weighted by Gasteiger charge is 2.26. The second-order valence-corrected chi connectivity index (χ2v) is 7.34. The molecule has 0 saturated carbocycles. The zero-order chi connectivity index (χ0) is 18.6. The molecule has 1 N–H and O–H groups in total. The van der Waals surface area contributed by atoms with Crippen molar-refractivity contribution in [2.24, 2.45) is 0 Å². The number of H-pyrrole nitrogens is 1. The number of aromatic nitrogens is 3. The van der Waals surface area contributed by atoms with Crippen LogP contribution in [0.2, 0.25) is 0 Å². The summed E-state index contributed by atoms with van der Waals surface area (Å²) in [5.74, 6) is 0.0126. The minimum Gasteiger partial charge on any atom is -0.339 e. The molecule has 8 heteroatoms. The standard InChI is InChI=1S/C19H19N5O2S/c25-18(12-14-4-3-11-27-14)23-7-9-24(10-8-23)19(26)17-13-16(21-22-17)15-5-1-2-6-20-15/h1-6,11,13H,7-10,12H2,(H,21,22). The molecule has 1 aliphatic heterocycles. The molecule has 1 saturated heterocycles. The van der Waals surface area contributed by atoms with Crippen LogP contribution in [0, 0.1) is 0 Å². The third-order valence-corrected chi connectivity index (χ3v) is 5.44. The summed E-state index contributed by atoms with van der Waals surface area (Å²) in [5, 5.41) is 8.97. The second kappa shape index (κ2) is 7.71. The highest BCUT2D eigenvalue weighted by Crippen LogP contribution is 2.17. The summed E-state index contributed by atoms with van der Waals surface area (Å²) in [6, 6.07) is 11.2. The summed E-state index contributed by atoms with van der Waals surface area (Å²) in [4.78, 5) is 34.0. The smallest absolute Gasteiger partial charge is 0.272 e. The van der Waals surface area contributed by atoms with Gasteiger partial charge in [0.2, 0.25) is 5.91 Å². The normalized spacial score (nSPS) is 14.4. The molecule has 3 aromatic rings. The Kier molecular flexibility index (Phi) is 4.97. The number of carbonyl (C=O) groups is 2. The number of rotatable bonds is 4. The summed E-state index contributed by atoms with van der Waals surface area (Å²) in [6.45, 7) is 2.15. The summed E-state index contributed by atoms with van der Waals surface area (Å²) in [5.41, 5.74) is 1.80. The van der Waals surface area contributed by atoms with Gasteiger partial charge in [0.25, 0.3) is 5.91 Å². The van der Waals surface area contributed by atoms with Gasteiger partial charge in [0, 0.05) is 37.3 Å². The quantitative estimate of drug-likeness (QED) is 0.750. The van der Waals surface area contributed by atoms with E-state index in [0.717, 1.165) is 10.6 Å². The average Bonchev–Trinajstić information content (AvgIpc) is 3.40. The van der Waals surface area contributed by atoms with Crippen LogP contribution in [0.5, 0.6) is 0 Å². The lowest BCUT2D eigenvalue weighted by Crippen LogP contribution is -2.51. The van der Waals surface area contributed by atoms with Crippen molar-refractivity contribution >= 4 is 23.2 Å². The number of nitrogens with one attached hydrogen (secondary N) is 1. The Morgan fingerprint density at radius 3 is 2.56 bits per heavy atom. The molecule has 4 rings (SSSR count). The van der Waals surface area contributed by atoms with Gasteiger partial charge in [0.1, 0.15) is 11.4 Å². The maximum atomic E-state index is 12.7. The van der Waals surface area contributed by atoms with Crippen LogP contribution in [0.1, 0.15) is 15.4 Å². The number of nitrogens with zero attached hydrogens (tertiary/aromatic N) is 4. The summed E-state index contributed by atoms with van der Waals surface area (Å²) in [7, 11) is 0. The number of hydrogen-bond donors (Lipinski definition) is 1. The zero-order valence-corrected chi connectivity index (χ0v) is 15.5. The topological polar surface area (TPSA) is 82.2 Å². The fraction of sp³-hybridized carbons (Fsp3) is 0.263. The van der Waals surface area contributed by atoms with Gasteiger partial charge in [-0.1, -0.05) is 12.1 Å². The van der Waals surface area contributed by atoms with Gasteiger partial charge in [-0.25, -0.2) is 0 Å². The molecule has 2 amide bonds. The van der Waals surface area contributed by atoms with Crippen LogP contribution in [0.25, 0.3) is 11.4 Å². The lowest BCUT2D eigenvalue weighted by molar-refractivity contribution is -0.131. The Balaban J connectivity index is 1.35. The van der Waals surface area contributed by atoms with Gasteiger partial charge in [0.05, 0.1) is 12.1 Å². The van der Waals surface area contributed by atoms with E-state index in [2.05, 4.69) is 15.2 Å². The lowest BCUT2D eigenvalue weighted by Gasteiger charge is -2.34. The first kappa shape index (κ1) is 17.4. The van der Waals surface area contributed by atoms with Crippen LogP contribution >= 0.6 is 11.3 Å². The monoisotopic (exact) mass is 381 g/mol. The van der Waals surface area contributed by atoms with Crippen LogP contribution in [0.15, 0.2) is 48.0 Å². The molecule has 0 unspecified atom stereocenters. The molecule has 7 nitrogen and oxygen atoms in total.